The third kappa shape index (κ3) is 3.32. The number of benzene rings is 1. The number of methoxy groups -OCH3 is 1. The number of carbonyl (C=O) groups is 1. The van der Waals surface area contributed by atoms with Crippen molar-refractivity contribution < 1.29 is 9.53 Å². The van der Waals surface area contributed by atoms with Crippen molar-refractivity contribution in [3.05, 3.63) is 59.9 Å². The largest absolute Gasteiger partial charge is 0.496 e. The molecule has 2 aromatic rings. The number of rotatable bonds is 5. The monoisotopic (exact) mass is 275 g/mol. The SMILES string of the molecule is COc1ccccc1C(Cc1ccccn1)C(=O)Cl. The third-order valence-electron chi connectivity index (χ3n) is 2.93. The van der Waals surface area contributed by atoms with E-state index >= 15 is 0 Å². The molecule has 0 aliphatic carbocycles. The molecule has 19 heavy (non-hydrogen) atoms. The minimum Gasteiger partial charge on any atom is -0.496 e. The maximum Gasteiger partial charge on any atom is 0.229 e. The van der Waals surface area contributed by atoms with Crippen LogP contribution in [-0.4, -0.2) is 17.3 Å². The minimum absolute atomic E-state index is 0.407. The van der Waals surface area contributed by atoms with Crippen LogP contribution in [0, 0.1) is 0 Å². The lowest BCUT2D eigenvalue weighted by atomic mass is 9.94. The van der Waals surface area contributed by atoms with Crippen LogP contribution in [0.5, 0.6) is 5.75 Å². The second-order valence-corrected chi connectivity index (χ2v) is 4.50. The summed E-state index contributed by atoms with van der Waals surface area (Å²) in [6.45, 7) is 0. The van der Waals surface area contributed by atoms with Crippen molar-refractivity contribution in [2.45, 2.75) is 12.3 Å². The van der Waals surface area contributed by atoms with E-state index in [0.29, 0.717) is 12.2 Å². The summed E-state index contributed by atoms with van der Waals surface area (Å²) in [7, 11) is 1.58. The van der Waals surface area contributed by atoms with Crippen LogP contribution >= 0.6 is 11.6 Å². The number of ether oxygens (including phenoxy) is 1. The molecule has 0 saturated heterocycles. The Labute approximate surface area is 117 Å². The Balaban J connectivity index is 2.33. The molecule has 0 N–H and O–H groups in total. The predicted molar refractivity (Wildman–Crippen MR) is 74.5 cm³/mol. The molecule has 3 nitrogen and oxygen atoms in total. The second kappa shape index (κ2) is 6.34. The minimum atomic E-state index is -0.451. The highest BCUT2D eigenvalue weighted by molar-refractivity contribution is 6.64. The molecule has 2 rings (SSSR count). The van der Waals surface area contributed by atoms with E-state index < -0.39 is 11.2 Å². The van der Waals surface area contributed by atoms with Crippen molar-refractivity contribution >= 4 is 16.8 Å². The summed E-state index contributed by atoms with van der Waals surface area (Å²) in [6.07, 6.45) is 2.16. The summed E-state index contributed by atoms with van der Waals surface area (Å²) in [5.74, 6) is 0.213. The van der Waals surface area contributed by atoms with Gasteiger partial charge in [-0.25, -0.2) is 0 Å². The Morgan fingerprint density at radius 2 is 2.00 bits per heavy atom. The Bertz CT molecular complexity index is 557. The van der Waals surface area contributed by atoms with Crippen LogP contribution in [0.15, 0.2) is 48.7 Å². The van der Waals surface area contributed by atoms with Gasteiger partial charge in [-0.1, -0.05) is 24.3 Å². The van der Waals surface area contributed by atoms with Gasteiger partial charge in [-0.15, -0.1) is 0 Å². The van der Waals surface area contributed by atoms with Crippen LogP contribution in [0.1, 0.15) is 17.2 Å². The smallest absolute Gasteiger partial charge is 0.229 e. The van der Waals surface area contributed by atoms with Crippen molar-refractivity contribution in [1.29, 1.82) is 0 Å². The lowest BCUT2D eigenvalue weighted by Gasteiger charge is -2.15. The second-order valence-electron chi connectivity index (χ2n) is 4.12. The molecule has 1 atom stereocenters. The van der Waals surface area contributed by atoms with E-state index in [0.717, 1.165) is 11.3 Å². The Kier molecular flexibility index (Phi) is 4.53. The molecule has 1 aromatic heterocycles. The van der Waals surface area contributed by atoms with Crippen molar-refractivity contribution in [3.8, 4) is 5.75 Å². The van der Waals surface area contributed by atoms with Crippen LogP contribution in [0.2, 0.25) is 0 Å². The van der Waals surface area contributed by atoms with Crippen LogP contribution in [0.4, 0.5) is 0 Å². The number of para-hydroxylation sites is 1. The molecule has 0 saturated carbocycles. The van der Waals surface area contributed by atoms with Gasteiger partial charge in [0.2, 0.25) is 5.24 Å². The summed E-state index contributed by atoms with van der Waals surface area (Å²) in [5.41, 5.74) is 1.61. The standard InChI is InChI=1S/C15H14ClNO2/c1-19-14-8-3-2-7-12(14)13(15(16)18)10-11-6-4-5-9-17-11/h2-9,13H,10H2,1H3. The van der Waals surface area contributed by atoms with Gasteiger partial charge < -0.3 is 4.74 Å². The lowest BCUT2D eigenvalue weighted by Crippen LogP contribution is -2.12. The fraction of sp³-hybridized carbons (Fsp3) is 0.200. The van der Waals surface area contributed by atoms with Crippen LogP contribution < -0.4 is 4.74 Å². The predicted octanol–water partition coefficient (Wildman–Crippen LogP) is 3.18. The highest BCUT2D eigenvalue weighted by Gasteiger charge is 2.22. The summed E-state index contributed by atoms with van der Waals surface area (Å²) < 4.78 is 5.28. The molecule has 0 fully saturated rings. The van der Waals surface area contributed by atoms with Crippen molar-refractivity contribution in [1.82, 2.24) is 4.98 Å². The molecular weight excluding hydrogens is 262 g/mol. The summed E-state index contributed by atoms with van der Waals surface area (Å²) in [6, 6.07) is 13.0. The van der Waals surface area contributed by atoms with Crippen molar-refractivity contribution in [2.75, 3.05) is 7.11 Å². The van der Waals surface area contributed by atoms with Gasteiger partial charge in [-0.2, -0.15) is 0 Å². The fourth-order valence-electron chi connectivity index (χ4n) is 1.99. The lowest BCUT2D eigenvalue weighted by molar-refractivity contribution is -0.113. The molecule has 1 unspecified atom stereocenters. The average Bonchev–Trinajstić information content (AvgIpc) is 2.45. The number of aromatic nitrogens is 1. The van der Waals surface area contributed by atoms with Gasteiger partial charge in [0.05, 0.1) is 13.0 Å². The van der Waals surface area contributed by atoms with Crippen LogP contribution in [0.3, 0.4) is 0 Å². The topological polar surface area (TPSA) is 39.2 Å². The molecule has 1 aromatic carbocycles. The molecule has 0 amide bonds. The molecule has 0 aliphatic heterocycles. The van der Waals surface area contributed by atoms with E-state index in [9.17, 15) is 4.79 Å². The third-order valence-corrected chi connectivity index (χ3v) is 3.19. The van der Waals surface area contributed by atoms with E-state index in [1.165, 1.54) is 0 Å². The van der Waals surface area contributed by atoms with Gasteiger partial charge in [-0.05, 0) is 29.8 Å². The summed E-state index contributed by atoms with van der Waals surface area (Å²) in [5, 5.41) is -0.407. The summed E-state index contributed by atoms with van der Waals surface area (Å²) in [4.78, 5) is 15.9. The number of hydrogen-bond donors (Lipinski definition) is 0. The van der Waals surface area contributed by atoms with Gasteiger partial charge in [0.15, 0.2) is 0 Å². The van der Waals surface area contributed by atoms with Gasteiger partial charge >= 0.3 is 0 Å². The van der Waals surface area contributed by atoms with Gasteiger partial charge in [0.25, 0.3) is 0 Å². The van der Waals surface area contributed by atoms with Gasteiger partial charge in [0, 0.05) is 23.9 Å². The number of pyridine rings is 1. The Hall–Kier alpha value is -1.87. The molecule has 0 radical (unpaired) electrons. The summed E-state index contributed by atoms with van der Waals surface area (Å²) >= 11 is 5.73. The zero-order valence-electron chi connectivity index (χ0n) is 10.5. The molecule has 4 heteroatoms. The number of halogens is 1. The van der Waals surface area contributed by atoms with E-state index in [-0.39, 0.29) is 0 Å². The first-order chi connectivity index (χ1) is 9.22. The van der Waals surface area contributed by atoms with E-state index in [4.69, 9.17) is 16.3 Å². The zero-order valence-corrected chi connectivity index (χ0v) is 11.3. The average molecular weight is 276 g/mol. The van der Waals surface area contributed by atoms with Crippen LogP contribution in [-0.2, 0) is 11.2 Å². The van der Waals surface area contributed by atoms with Crippen molar-refractivity contribution in [2.24, 2.45) is 0 Å². The Morgan fingerprint density at radius 3 is 2.63 bits per heavy atom. The maximum atomic E-state index is 11.7. The quantitative estimate of drug-likeness (QED) is 0.787. The van der Waals surface area contributed by atoms with E-state index in [1.807, 2.05) is 42.5 Å². The Morgan fingerprint density at radius 1 is 1.26 bits per heavy atom. The normalized spacial score (nSPS) is 11.9. The molecule has 0 aliphatic rings. The number of hydrogen-bond acceptors (Lipinski definition) is 3. The molecule has 0 spiro atoms. The maximum absolute atomic E-state index is 11.7. The van der Waals surface area contributed by atoms with E-state index in [2.05, 4.69) is 4.98 Å². The number of nitrogens with zero attached hydrogens (tertiary/aromatic N) is 1. The first-order valence-electron chi connectivity index (χ1n) is 5.94. The first-order valence-corrected chi connectivity index (χ1v) is 6.32. The number of carbonyl (C=O) groups excluding carboxylic acids is 1. The van der Waals surface area contributed by atoms with E-state index in [1.54, 1.807) is 13.3 Å². The highest BCUT2D eigenvalue weighted by Crippen LogP contribution is 2.30. The molecule has 1 heterocycles. The molecular formula is C15H14ClNO2. The first kappa shape index (κ1) is 13.6. The molecule has 0 bridgehead atoms. The molecule has 98 valence electrons. The van der Waals surface area contributed by atoms with Gasteiger partial charge in [-0.3, -0.25) is 9.78 Å². The van der Waals surface area contributed by atoms with Gasteiger partial charge in [0.1, 0.15) is 5.75 Å². The highest BCUT2D eigenvalue weighted by atomic mass is 35.5. The van der Waals surface area contributed by atoms with Crippen LogP contribution in [0.25, 0.3) is 0 Å². The zero-order chi connectivity index (χ0) is 13.7. The fourth-order valence-corrected chi connectivity index (χ4v) is 2.19. The van der Waals surface area contributed by atoms with Crippen molar-refractivity contribution in [3.63, 3.8) is 0 Å².